The Morgan fingerprint density at radius 2 is 2.00 bits per heavy atom. The lowest BCUT2D eigenvalue weighted by Crippen LogP contribution is -2.60. The highest BCUT2D eigenvalue weighted by Crippen LogP contribution is 2.41. The average molecular weight is 323 g/mol. The van der Waals surface area contributed by atoms with Gasteiger partial charge in [0, 0.05) is 35.7 Å². The first-order valence-corrected chi connectivity index (χ1v) is 8.12. The molecule has 1 aromatic rings. The molecule has 19 heavy (non-hydrogen) atoms. The molecule has 3 heteroatoms. The van der Waals surface area contributed by atoms with Crippen molar-refractivity contribution in [2.45, 2.75) is 38.3 Å². The standard InChI is InChI=1S/C16H23BrN2/c1-12(13-3-7-15(17)8-4-13)19-10-9-18-16(2,11-19)14-5-6-14/h3-4,7-8,12,14,18H,5-6,9-11H2,1-2H3. The molecule has 2 nitrogen and oxygen atoms in total. The van der Waals surface area contributed by atoms with Crippen LogP contribution < -0.4 is 5.32 Å². The predicted octanol–water partition coefficient (Wildman–Crippen LogP) is 3.58. The number of hydrogen-bond donors (Lipinski definition) is 1. The van der Waals surface area contributed by atoms with Crippen LogP contribution in [0.5, 0.6) is 0 Å². The molecule has 104 valence electrons. The van der Waals surface area contributed by atoms with Crippen LogP contribution in [-0.4, -0.2) is 30.1 Å². The van der Waals surface area contributed by atoms with E-state index >= 15 is 0 Å². The van der Waals surface area contributed by atoms with Crippen molar-refractivity contribution >= 4 is 15.9 Å². The fourth-order valence-electron chi connectivity index (χ4n) is 3.32. The number of piperazine rings is 1. The summed E-state index contributed by atoms with van der Waals surface area (Å²) in [5.74, 6) is 0.896. The van der Waals surface area contributed by atoms with Crippen molar-refractivity contribution in [3.05, 3.63) is 34.3 Å². The largest absolute Gasteiger partial charge is 0.309 e. The average Bonchev–Trinajstić information content (AvgIpc) is 3.23. The Hall–Kier alpha value is -0.380. The van der Waals surface area contributed by atoms with Crippen molar-refractivity contribution in [3.63, 3.8) is 0 Å². The number of hydrogen-bond acceptors (Lipinski definition) is 2. The molecule has 1 N–H and O–H groups in total. The zero-order chi connectivity index (χ0) is 13.5. The zero-order valence-corrected chi connectivity index (χ0v) is 13.4. The molecule has 3 rings (SSSR count). The monoisotopic (exact) mass is 322 g/mol. The van der Waals surface area contributed by atoms with Crippen LogP contribution in [0.4, 0.5) is 0 Å². The van der Waals surface area contributed by atoms with Crippen molar-refractivity contribution in [1.29, 1.82) is 0 Å². The van der Waals surface area contributed by atoms with Crippen molar-refractivity contribution < 1.29 is 0 Å². The normalized spacial score (nSPS) is 30.3. The van der Waals surface area contributed by atoms with Gasteiger partial charge in [-0.1, -0.05) is 28.1 Å². The first-order chi connectivity index (χ1) is 9.08. The van der Waals surface area contributed by atoms with E-state index in [4.69, 9.17) is 0 Å². The Morgan fingerprint density at radius 3 is 2.63 bits per heavy atom. The number of nitrogens with one attached hydrogen (secondary N) is 1. The summed E-state index contributed by atoms with van der Waals surface area (Å²) in [6.45, 7) is 8.19. The van der Waals surface area contributed by atoms with Gasteiger partial charge in [-0.05, 0) is 50.3 Å². The Bertz CT molecular complexity index is 441. The lowest BCUT2D eigenvalue weighted by atomic mass is 9.91. The second-order valence-corrected chi connectivity index (χ2v) is 7.23. The van der Waals surface area contributed by atoms with Gasteiger partial charge in [0.25, 0.3) is 0 Å². The van der Waals surface area contributed by atoms with Crippen LogP contribution in [0.1, 0.15) is 38.3 Å². The van der Waals surface area contributed by atoms with Crippen molar-refractivity contribution in [2.75, 3.05) is 19.6 Å². The van der Waals surface area contributed by atoms with E-state index in [1.54, 1.807) is 0 Å². The molecule has 0 amide bonds. The lowest BCUT2D eigenvalue weighted by Gasteiger charge is -2.44. The summed E-state index contributed by atoms with van der Waals surface area (Å²) < 4.78 is 1.16. The van der Waals surface area contributed by atoms with Crippen LogP contribution in [0.3, 0.4) is 0 Å². The van der Waals surface area contributed by atoms with Gasteiger partial charge in [-0.25, -0.2) is 0 Å². The summed E-state index contributed by atoms with van der Waals surface area (Å²) >= 11 is 3.51. The Balaban J connectivity index is 1.72. The third-order valence-electron chi connectivity index (χ3n) is 4.84. The topological polar surface area (TPSA) is 15.3 Å². The van der Waals surface area contributed by atoms with Gasteiger partial charge in [-0.3, -0.25) is 4.90 Å². The van der Waals surface area contributed by atoms with E-state index in [1.807, 2.05) is 0 Å². The van der Waals surface area contributed by atoms with Gasteiger partial charge in [-0.2, -0.15) is 0 Å². The molecule has 0 aromatic heterocycles. The maximum Gasteiger partial charge on any atom is 0.0321 e. The quantitative estimate of drug-likeness (QED) is 0.915. The van der Waals surface area contributed by atoms with Crippen LogP contribution in [0.15, 0.2) is 28.7 Å². The molecular formula is C16H23BrN2. The molecule has 1 aliphatic carbocycles. The molecule has 2 unspecified atom stereocenters. The van der Waals surface area contributed by atoms with E-state index in [9.17, 15) is 0 Å². The molecule has 2 fully saturated rings. The highest BCUT2D eigenvalue weighted by molar-refractivity contribution is 9.10. The fraction of sp³-hybridized carbons (Fsp3) is 0.625. The lowest BCUT2D eigenvalue weighted by molar-refractivity contribution is 0.0946. The SMILES string of the molecule is CC(c1ccc(Br)cc1)N1CCNC(C)(C2CC2)C1. The second-order valence-electron chi connectivity index (χ2n) is 6.32. The summed E-state index contributed by atoms with van der Waals surface area (Å²) in [4.78, 5) is 2.64. The summed E-state index contributed by atoms with van der Waals surface area (Å²) in [7, 11) is 0. The van der Waals surface area contributed by atoms with Gasteiger partial charge in [0.15, 0.2) is 0 Å². The predicted molar refractivity (Wildman–Crippen MR) is 83.3 cm³/mol. The highest BCUT2D eigenvalue weighted by atomic mass is 79.9. The molecule has 1 aromatic carbocycles. The first kappa shape index (κ1) is 13.6. The van der Waals surface area contributed by atoms with Gasteiger partial charge in [0.05, 0.1) is 0 Å². The minimum atomic E-state index is 0.335. The smallest absolute Gasteiger partial charge is 0.0321 e. The van der Waals surface area contributed by atoms with Gasteiger partial charge >= 0.3 is 0 Å². The maximum absolute atomic E-state index is 3.75. The van der Waals surface area contributed by atoms with E-state index in [2.05, 4.69) is 64.3 Å². The van der Waals surface area contributed by atoms with Crippen LogP contribution in [0.2, 0.25) is 0 Å². The van der Waals surface area contributed by atoms with E-state index in [0.717, 1.165) is 23.5 Å². The zero-order valence-electron chi connectivity index (χ0n) is 11.8. The number of halogens is 1. The van der Waals surface area contributed by atoms with E-state index < -0.39 is 0 Å². The Morgan fingerprint density at radius 1 is 1.32 bits per heavy atom. The van der Waals surface area contributed by atoms with Crippen molar-refractivity contribution in [1.82, 2.24) is 10.2 Å². The minimum absolute atomic E-state index is 0.335. The number of nitrogens with zero attached hydrogens (tertiary/aromatic N) is 1. The maximum atomic E-state index is 3.75. The second kappa shape index (κ2) is 5.19. The van der Waals surface area contributed by atoms with Crippen molar-refractivity contribution in [2.24, 2.45) is 5.92 Å². The summed E-state index contributed by atoms with van der Waals surface area (Å²) in [5.41, 5.74) is 1.75. The van der Waals surface area contributed by atoms with Gasteiger partial charge < -0.3 is 5.32 Å². The van der Waals surface area contributed by atoms with Crippen molar-refractivity contribution in [3.8, 4) is 0 Å². The van der Waals surface area contributed by atoms with E-state index in [0.29, 0.717) is 11.6 Å². The Labute approximate surface area is 124 Å². The minimum Gasteiger partial charge on any atom is -0.309 e. The molecule has 2 atom stereocenters. The Kier molecular flexibility index (Phi) is 3.71. The third kappa shape index (κ3) is 2.88. The molecule has 0 radical (unpaired) electrons. The molecule has 0 spiro atoms. The summed E-state index contributed by atoms with van der Waals surface area (Å²) in [5, 5.41) is 3.75. The molecule has 2 aliphatic rings. The summed E-state index contributed by atoms with van der Waals surface area (Å²) in [6, 6.07) is 9.28. The van der Waals surface area contributed by atoms with Gasteiger partial charge in [0.1, 0.15) is 0 Å². The van der Waals surface area contributed by atoms with Gasteiger partial charge in [-0.15, -0.1) is 0 Å². The third-order valence-corrected chi connectivity index (χ3v) is 5.37. The fourth-order valence-corrected chi connectivity index (χ4v) is 3.58. The molecule has 1 heterocycles. The summed E-state index contributed by atoms with van der Waals surface area (Å²) in [6.07, 6.45) is 2.81. The molecule has 1 aliphatic heterocycles. The molecule has 1 saturated heterocycles. The number of benzene rings is 1. The van der Waals surface area contributed by atoms with Crippen LogP contribution in [-0.2, 0) is 0 Å². The highest BCUT2D eigenvalue weighted by Gasteiger charge is 2.44. The molecular weight excluding hydrogens is 300 g/mol. The van der Waals surface area contributed by atoms with Crippen LogP contribution in [0, 0.1) is 5.92 Å². The molecule has 0 bridgehead atoms. The molecule has 1 saturated carbocycles. The first-order valence-electron chi connectivity index (χ1n) is 7.33. The van der Waals surface area contributed by atoms with Gasteiger partial charge in [0.2, 0.25) is 0 Å². The van der Waals surface area contributed by atoms with Crippen LogP contribution >= 0.6 is 15.9 Å². The van der Waals surface area contributed by atoms with E-state index in [-0.39, 0.29) is 0 Å². The van der Waals surface area contributed by atoms with Crippen LogP contribution in [0.25, 0.3) is 0 Å². The number of rotatable bonds is 3. The van der Waals surface area contributed by atoms with E-state index in [1.165, 1.54) is 24.9 Å².